The van der Waals surface area contributed by atoms with Gasteiger partial charge in [-0.3, -0.25) is 18.8 Å². The summed E-state index contributed by atoms with van der Waals surface area (Å²) in [6.45, 7) is 5.49. The molecule has 0 unspecified atom stereocenters. The molecule has 0 amide bonds. The van der Waals surface area contributed by atoms with Gasteiger partial charge in [0.2, 0.25) is 0 Å². The molecule has 8 nitrogen and oxygen atoms in total. The van der Waals surface area contributed by atoms with Crippen molar-refractivity contribution in [2.45, 2.75) is 19.6 Å². The first-order chi connectivity index (χ1) is 18.0. The maximum atomic E-state index is 12.5. The van der Waals surface area contributed by atoms with Crippen LogP contribution in [-0.2, 0) is 20.3 Å². The molecule has 0 saturated carbocycles. The molecule has 1 fully saturated rings. The van der Waals surface area contributed by atoms with E-state index in [1.807, 2.05) is 36.4 Å². The maximum Gasteiger partial charge on any atom is 0.333 e. The molecule has 0 bridgehead atoms. The number of unbranched alkanes of at least 4 members (excludes halogenated alkanes) is 1. The Labute approximate surface area is 228 Å². The van der Waals surface area contributed by atoms with E-state index in [0.717, 1.165) is 67.9 Å². The molecule has 0 aliphatic carbocycles. The summed E-state index contributed by atoms with van der Waals surface area (Å²) in [6, 6.07) is 14.9. The van der Waals surface area contributed by atoms with E-state index in [1.165, 1.54) is 20.3 Å². The van der Waals surface area contributed by atoms with E-state index < -0.39 is 8.60 Å². The van der Waals surface area contributed by atoms with E-state index in [-0.39, 0.29) is 12.3 Å². The van der Waals surface area contributed by atoms with Crippen molar-refractivity contribution in [3.05, 3.63) is 68.9 Å². The number of halogens is 2. The molecule has 1 saturated heterocycles. The van der Waals surface area contributed by atoms with Gasteiger partial charge < -0.3 is 18.7 Å². The molecule has 0 N–H and O–H groups in total. The number of piperazine rings is 1. The van der Waals surface area contributed by atoms with Gasteiger partial charge in [-0.25, -0.2) is 0 Å². The molecule has 4 rings (SSSR count). The summed E-state index contributed by atoms with van der Waals surface area (Å²) >= 11 is 12.6. The number of pyridine rings is 1. The molecular weight excluding hydrogens is 536 g/mol. The highest BCUT2D eigenvalue weighted by Crippen LogP contribution is 2.37. The molecule has 0 spiro atoms. The van der Waals surface area contributed by atoms with E-state index in [0.29, 0.717) is 16.7 Å². The van der Waals surface area contributed by atoms with E-state index in [1.54, 1.807) is 10.6 Å². The van der Waals surface area contributed by atoms with Crippen molar-refractivity contribution in [1.29, 1.82) is 0 Å². The van der Waals surface area contributed by atoms with Crippen LogP contribution in [0.25, 0.3) is 10.9 Å². The van der Waals surface area contributed by atoms with E-state index in [9.17, 15) is 4.79 Å². The first-order valence-corrected chi connectivity index (χ1v) is 14.0. The van der Waals surface area contributed by atoms with Crippen LogP contribution in [0.3, 0.4) is 0 Å². The number of rotatable bonds is 12. The monoisotopic (exact) mass is 567 g/mol. The molecule has 2 aromatic carbocycles. The maximum absolute atomic E-state index is 12.5. The molecular formula is C26H32Cl2N3O5P. The fourth-order valence-corrected chi connectivity index (χ4v) is 5.34. The summed E-state index contributed by atoms with van der Waals surface area (Å²) in [6.07, 6.45) is 1.98. The molecule has 11 heteroatoms. The van der Waals surface area contributed by atoms with Gasteiger partial charge in [0.25, 0.3) is 5.56 Å². The third kappa shape index (κ3) is 7.36. The zero-order chi connectivity index (χ0) is 26.2. The number of ether oxygens (including phenoxy) is 1. The number of hydrogen-bond donors (Lipinski definition) is 0. The van der Waals surface area contributed by atoms with Crippen molar-refractivity contribution in [3.63, 3.8) is 0 Å². The summed E-state index contributed by atoms with van der Waals surface area (Å²) in [4.78, 5) is 17.2. The number of anilines is 1. The topological polar surface area (TPSA) is 65.4 Å². The van der Waals surface area contributed by atoms with Crippen LogP contribution in [0.4, 0.5) is 5.69 Å². The van der Waals surface area contributed by atoms with Gasteiger partial charge in [0.1, 0.15) is 12.5 Å². The number of benzene rings is 2. The minimum absolute atomic E-state index is 0.0315. The summed E-state index contributed by atoms with van der Waals surface area (Å²) in [5.74, 6) is 0.722. The van der Waals surface area contributed by atoms with Crippen molar-refractivity contribution >= 4 is 48.4 Å². The van der Waals surface area contributed by atoms with Crippen LogP contribution >= 0.6 is 31.8 Å². The van der Waals surface area contributed by atoms with Crippen molar-refractivity contribution in [3.8, 4) is 5.75 Å². The van der Waals surface area contributed by atoms with Crippen LogP contribution in [0, 0.1) is 0 Å². The average Bonchev–Trinajstić information content (AvgIpc) is 2.92. The Morgan fingerprint density at radius 1 is 0.946 bits per heavy atom. The Bertz CT molecular complexity index is 1230. The zero-order valence-corrected chi connectivity index (χ0v) is 23.5. The fraction of sp³-hybridized carbons (Fsp3) is 0.423. The highest BCUT2D eigenvalue weighted by Gasteiger charge is 2.19. The van der Waals surface area contributed by atoms with Crippen molar-refractivity contribution in [2.75, 3.05) is 58.5 Å². The zero-order valence-electron chi connectivity index (χ0n) is 21.1. The minimum Gasteiger partial charge on any atom is -0.494 e. The predicted molar refractivity (Wildman–Crippen MR) is 150 cm³/mol. The Kier molecular flexibility index (Phi) is 10.5. The summed E-state index contributed by atoms with van der Waals surface area (Å²) in [5, 5.41) is 2.15. The molecule has 2 heterocycles. The molecule has 0 radical (unpaired) electrons. The highest BCUT2D eigenvalue weighted by molar-refractivity contribution is 7.41. The van der Waals surface area contributed by atoms with Gasteiger partial charge in [-0.2, -0.15) is 0 Å². The van der Waals surface area contributed by atoms with Crippen molar-refractivity contribution in [1.82, 2.24) is 9.47 Å². The van der Waals surface area contributed by atoms with Gasteiger partial charge in [0.05, 0.1) is 27.9 Å². The van der Waals surface area contributed by atoms with E-state index in [2.05, 4.69) is 9.80 Å². The summed E-state index contributed by atoms with van der Waals surface area (Å²) in [7, 11) is 1.51. The van der Waals surface area contributed by atoms with Crippen LogP contribution in [0.1, 0.15) is 12.8 Å². The smallest absolute Gasteiger partial charge is 0.333 e. The van der Waals surface area contributed by atoms with Gasteiger partial charge >= 0.3 is 8.60 Å². The summed E-state index contributed by atoms with van der Waals surface area (Å²) in [5.41, 5.74) is 1.59. The quantitative estimate of drug-likeness (QED) is 0.203. The number of hydrogen-bond acceptors (Lipinski definition) is 7. The van der Waals surface area contributed by atoms with Crippen molar-refractivity contribution in [2.24, 2.45) is 0 Å². The second-order valence-electron chi connectivity index (χ2n) is 8.62. The van der Waals surface area contributed by atoms with Gasteiger partial charge in [0.15, 0.2) is 0 Å². The third-order valence-electron chi connectivity index (χ3n) is 6.34. The average molecular weight is 568 g/mol. The summed E-state index contributed by atoms with van der Waals surface area (Å²) < 4.78 is 23.4. The second kappa shape index (κ2) is 13.8. The largest absolute Gasteiger partial charge is 0.494 e. The Morgan fingerprint density at radius 2 is 1.70 bits per heavy atom. The molecule has 3 aromatic rings. The number of nitrogens with zero attached hydrogens (tertiary/aromatic N) is 3. The van der Waals surface area contributed by atoms with Crippen molar-refractivity contribution < 1.29 is 18.3 Å². The van der Waals surface area contributed by atoms with E-state index in [4.69, 9.17) is 41.5 Å². The normalized spacial score (nSPS) is 14.6. The third-order valence-corrected chi connectivity index (χ3v) is 8.07. The molecule has 1 aliphatic rings. The fourth-order valence-electron chi connectivity index (χ4n) is 4.35. The van der Waals surface area contributed by atoms with Gasteiger partial charge in [-0.1, -0.05) is 29.3 Å². The van der Waals surface area contributed by atoms with Crippen LogP contribution in [0.2, 0.25) is 10.0 Å². The standard InChI is InChI=1S/C26H32Cl2N3O5P/c1-33-37(34-2)36-19-31-24-18-21(10-8-20(24)9-11-25(31)32)35-17-4-3-12-29-13-15-30(16-14-29)23-7-5-6-22(27)26(23)28/h5-11,18H,3-4,12-17,19H2,1-2H3. The molecule has 37 heavy (non-hydrogen) atoms. The Morgan fingerprint density at radius 3 is 2.46 bits per heavy atom. The van der Waals surface area contributed by atoms with Crippen LogP contribution < -0.4 is 15.2 Å². The van der Waals surface area contributed by atoms with Gasteiger partial charge in [-0.15, -0.1) is 0 Å². The number of fused-ring (bicyclic) bond motifs is 1. The Hall–Kier alpha value is -1.90. The van der Waals surface area contributed by atoms with Crippen LogP contribution in [0.15, 0.2) is 53.3 Å². The lowest BCUT2D eigenvalue weighted by Gasteiger charge is -2.36. The molecule has 200 valence electrons. The Balaban J connectivity index is 1.24. The SMILES string of the molecule is COP(OC)OCn1c(=O)ccc2ccc(OCCCCN3CCN(c4cccc(Cl)c4Cl)CC3)cc21. The second-order valence-corrected chi connectivity index (χ2v) is 10.8. The molecule has 1 aromatic heterocycles. The minimum atomic E-state index is -1.50. The lowest BCUT2D eigenvalue weighted by Crippen LogP contribution is -2.46. The predicted octanol–water partition coefficient (Wildman–Crippen LogP) is 5.78. The first kappa shape index (κ1) is 28.1. The molecule has 0 atom stereocenters. The lowest BCUT2D eigenvalue weighted by atomic mass is 10.2. The number of aromatic nitrogens is 1. The van der Waals surface area contributed by atoms with Gasteiger partial charge in [-0.05, 0) is 55.1 Å². The van der Waals surface area contributed by atoms with E-state index >= 15 is 0 Å². The van der Waals surface area contributed by atoms with Crippen LogP contribution in [0.5, 0.6) is 5.75 Å². The first-order valence-electron chi connectivity index (χ1n) is 12.2. The lowest BCUT2D eigenvalue weighted by molar-refractivity contribution is 0.165. The highest BCUT2D eigenvalue weighted by atomic mass is 35.5. The van der Waals surface area contributed by atoms with Gasteiger partial charge in [0, 0.05) is 52.5 Å². The van der Waals surface area contributed by atoms with Crippen LogP contribution in [-0.4, -0.2) is 63.0 Å². The molecule has 1 aliphatic heterocycles.